The molecule has 1 atom stereocenters. The van der Waals surface area contributed by atoms with Crippen LogP contribution >= 0.6 is 0 Å². The highest BCUT2D eigenvalue weighted by Crippen LogP contribution is 2.38. The van der Waals surface area contributed by atoms with E-state index < -0.39 is 0 Å². The van der Waals surface area contributed by atoms with Gasteiger partial charge in [0.2, 0.25) is 0 Å². The lowest BCUT2D eigenvalue weighted by atomic mass is 10.0. The quantitative estimate of drug-likeness (QED) is 0.546. The number of aromatic nitrogens is 1. The van der Waals surface area contributed by atoms with E-state index in [-0.39, 0.29) is 11.9 Å². The number of carbonyl (C=O) groups excluding carboxylic acids is 1. The molecule has 1 fully saturated rings. The molecule has 3 heterocycles. The standard InChI is InChI=1S/C26H28N2O5/c1-17-22(18(2)33-27-17)16-32-21-7-3-6-20(14-21)26(29)28-11-4-8-23(28)19-9-10-24-25(15-19)31-13-5-12-30-24/h3,6-7,9-10,14-15,23H,4-5,8,11-13,16H2,1-2H3/t23-/m0/s1. The van der Waals surface area contributed by atoms with Crippen molar-refractivity contribution < 1.29 is 23.5 Å². The van der Waals surface area contributed by atoms with Gasteiger partial charge in [-0.2, -0.15) is 0 Å². The molecule has 2 aliphatic heterocycles. The Morgan fingerprint density at radius 1 is 1.09 bits per heavy atom. The lowest BCUT2D eigenvalue weighted by Crippen LogP contribution is -2.30. The molecule has 5 rings (SSSR count). The summed E-state index contributed by atoms with van der Waals surface area (Å²) in [6.07, 6.45) is 2.76. The number of hydrogen-bond acceptors (Lipinski definition) is 6. The lowest BCUT2D eigenvalue weighted by molar-refractivity contribution is 0.0735. The molecule has 0 bridgehead atoms. The van der Waals surface area contributed by atoms with Gasteiger partial charge in [-0.3, -0.25) is 4.79 Å². The monoisotopic (exact) mass is 448 g/mol. The minimum atomic E-state index is 0.00685. The summed E-state index contributed by atoms with van der Waals surface area (Å²) in [7, 11) is 0. The van der Waals surface area contributed by atoms with Crippen molar-refractivity contribution in [3.05, 3.63) is 70.6 Å². The summed E-state index contributed by atoms with van der Waals surface area (Å²) in [6.45, 7) is 6.14. The number of ether oxygens (including phenoxy) is 3. The average molecular weight is 449 g/mol. The highest BCUT2D eigenvalue weighted by Gasteiger charge is 2.31. The molecular formula is C26H28N2O5. The molecule has 0 N–H and O–H groups in total. The van der Waals surface area contributed by atoms with Crippen LogP contribution in [0.25, 0.3) is 0 Å². The molecule has 172 valence electrons. The molecule has 0 aliphatic carbocycles. The summed E-state index contributed by atoms with van der Waals surface area (Å²) in [5, 5.41) is 3.96. The molecule has 0 unspecified atom stereocenters. The molecule has 1 aromatic heterocycles. The SMILES string of the molecule is Cc1noc(C)c1COc1cccc(C(=O)N2CCC[C@H]2c2ccc3c(c2)OCCCO3)c1. The molecule has 7 nitrogen and oxygen atoms in total. The Balaban J connectivity index is 1.32. The van der Waals surface area contributed by atoms with Gasteiger partial charge in [0.05, 0.1) is 30.5 Å². The van der Waals surface area contributed by atoms with Crippen LogP contribution in [0.3, 0.4) is 0 Å². The molecule has 2 aliphatic rings. The van der Waals surface area contributed by atoms with Gasteiger partial charge in [0, 0.05) is 18.5 Å². The molecule has 1 saturated heterocycles. The number of amides is 1. The highest BCUT2D eigenvalue weighted by atomic mass is 16.5. The van der Waals surface area contributed by atoms with E-state index in [2.05, 4.69) is 5.16 Å². The summed E-state index contributed by atoms with van der Waals surface area (Å²) in [5.41, 5.74) is 3.44. The van der Waals surface area contributed by atoms with Gasteiger partial charge >= 0.3 is 0 Å². The number of nitrogens with zero attached hydrogens (tertiary/aromatic N) is 2. The van der Waals surface area contributed by atoms with Crippen molar-refractivity contribution in [2.75, 3.05) is 19.8 Å². The zero-order chi connectivity index (χ0) is 22.8. The first-order valence-electron chi connectivity index (χ1n) is 11.5. The number of hydrogen-bond donors (Lipinski definition) is 0. The van der Waals surface area contributed by atoms with Crippen molar-refractivity contribution in [3.8, 4) is 17.2 Å². The van der Waals surface area contributed by atoms with Gasteiger partial charge in [-0.1, -0.05) is 17.3 Å². The van der Waals surface area contributed by atoms with Crippen LogP contribution in [-0.4, -0.2) is 35.7 Å². The van der Waals surface area contributed by atoms with Gasteiger partial charge in [0.1, 0.15) is 18.1 Å². The topological polar surface area (TPSA) is 74.0 Å². The molecule has 0 spiro atoms. The summed E-state index contributed by atoms with van der Waals surface area (Å²) in [5.74, 6) is 2.93. The van der Waals surface area contributed by atoms with Crippen LogP contribution in [0.2, 0.25) is 0 Å². The first kappa shape index (κ1) is 21.4. The van der Waals surface area contributed by atoms with Gasteiger partial charge in [0.15, 0.2) is 11.5 Å². The van der Waals surface area contributed by atoms with E-state index >= 15 is 0 Å². The fourth-order valence-corrected chi connectivity index (χ4v) is 4.49. The fourth-order valence-electron chi connectivity index (χ4n) is 4.49. The minimum Gasteiger partial charge on any atom is -0.490 e. The smallest absolute Gasteiger partial charge is 0.254 e. The predicted molar refractivity (Wildman–Crippen MR) is 122 cm³/mol. The van der Waals surface area contributed by atoms with E-state index in [4.69, 9.17) is 18.7 Å². The normalized spacial score (nSPS) is 17.6. The second-order valence-electron chi connectivity index (χ2n) is 8.53. The van der Waals surface area contributed by atoms with Crippen LogP contribution in [0.5, 0.6) is 17.2 Å². The van der Waals surface area contributed by atoms with Crippen LogP contribution in [-0.2, 0) is 6.61 Å². The number of likely N-dealkylation sites (tertiary alicyclic amines) is 1. The van der Waals surface area contributed by atoms with Crippen molar-refractivity contribution in [3.63, 3.8) is 0 Å². The zero-order valence-corrected chi connectivity index (χ0v) is 19.0. The third-order valence-electron chi connectivity index (χ3n) is 6.32. The Morgan fingerprint density at radius 3 is 2.76 bits per heavy atom. The van der Waals surface area contributed by atoms with E-state index in [1.165, 1.54) is 0 Å². The van der Waals surface area contributed by atoms with Gasteiger partial charge in [-0.25, -0.2) is 0 Å². The Morgan fingerprint density at radius 2 is 1.94 bits per heavy atom. The number of carbonyl (C=O) groups is 1. The van der Waals surface area contributed by atoms with Crippen LogP contribution in [0.1, 0.15) is 58.2 Å². The van der Waals surface area contributed by atoms with E-state index in [9.17, 15) is 4.79 Å². The first-order valence-corrected chi connectivity index (χ1v) is 11.5. The Bertz CT molecular complexity index is 1140. The maximum Gasteiger partial charge on any atom is 0.254 e. The number of aryl methyl sites for hydroxylation is 2. The van der Waals surface area contributed by atoms with E-state index in [0.717, 1.165) is 59.9 Å². The number of benzene rings is 2. The lowest BCUT2D eigenvalue weighted by Gasteiger charge is -2.26. The molecule has 0 radical (unpaired) electrons. The molecule has 1 amide bonds. The summed E-state index contributed by atoms with van der Waals surface area (Å²) < 4.78 is 22.8. The molecular weight excluding hydrogens is 420 g/mol. The molecule has 33 heavy (non-hydrogen) atoms. The van der Waals surface area contributed by atoms with E-state index in [1.54, 1.807) is 0 Å². The second kappa shape index (κ2) is 9.17. The molecule has 3 aromatic rings. The second-order valence-corrected chi connectivity index (χ2v) is 8.53. The molecule has 2 aromatic carbocycles. The maximum atomic E-state index is 13.5. The third-order valence-corrected chi connectivity index (χ3v) is 6.32. The van der Waals surface area contributed by atoms with Crippen molar-refractivity contribution in [1.29, 1.82) is 0 Å². The van der Waals surface area contributed by atoms with Crippen LogP contribution in [0.4, 0.5) is 0 Å². The number of fused-ring (bicyclic) bond motifs is 1. The average Bonchev–Trinajstić information content (AvgIpc) is 3.36. The van der Waals surface area contributed by atoms with Crippen molar-refractivity contribution in [2.45, 2.75) is 45.8 Å². The van der Waals surface area contributed by atoms with Crippen LogP contribution < -0.4 is 14.2 Å². The third kappa shape index (κ3) is 4.40. The van der Waals surface area contributed by atoms with Crippen molar-refractivity contribution in [1.82, 2.24) is 10.1 Å². The van der Waals surface area contributed by atoms with E-state index in [1.807, 2.05) is 61.2 Å². The minimum absolute atomic E-state index is 0.00685. The summed E-state index contributed by atoms with van der Waals surface area (Å²) in [4.78, 5) is 15.4. The summed E-state index contributed by atoms with van der Waals surface area (Å²) >= 11 is 0. The molecule has 0 saturated carbocycles. The maximum absolute atomic E-state index is 13.5. The zero-order valence-electron chi connectivity index (χ0n) is 19.0. The number of rotatable bonds is 5. The largest absolute Gasteiger partial charge is 0.490 e. The fraction of sp³-hybridized carbons (Fsp3) is 0.385. The van der Waals surface area contributed by atoms with Gasteiger partial charge in [-0.15, -0.1) is 0 Å². The Labute approximate surface area is 193 Å². The van der Waals surface area contributed by atoms with Crippen LogP contribution in [0.15, 0.2) is 47.0 Å². The Kier molecular flexibility index (Phi) is 5.94. The van der Waals surface area contributed by atoms with Crippen molar-refractivity contribution >= 4 is 5.91 Å². The Hall–Kier alpha value is -3.48. The van der Waals surface area contributed by atoms with Gasteiger partial charge in [0.25, 0.3) is 5.91 Å². The van der Waals surface area contributed by atoms with Crippen molar-refractivity contribution in [2.24, 2.45) is 0 Å². The van der Waals surface area contributed by atoms with Gasteiger partial charge < -0.3 is 23.6 Å². The first-order chi connectivity index (χ1) is 16.1. The van der Waals surface area contributed by atoms with E-state index in [0.29, 0.717) is 31.1 Å². The summed E-state index contributed by atoms with van der Waals surface area (Å²) in [6, 6.07) is 13.4. The predicted octanol–water partition coefficient (Wildman–Crippen LogP) is 5.01. The van der Waals surface area contributed by atoms with Gasteiger partial charge in [-0.05, 0) is 62.6 Å². The highest BCUT2D eigenvalue weighted by molar-refractivity contribution is 5.95. The molecule has 7 heteroatoms. The van der Waals surface area contributed by atoms with Crippen LogP contribution in [0, 0.1) is 13.8 Å².